The molecule has 1 aliphatic heterocycles. The zero-order chi connectivity index (χ0) is 11.5. The van der Waals surface area contributed by atoms with Gasteiger partial charge in [-0.2, -0.15) is 8.78 Å². The summed E-state index contributed by atoms with van der Waals surface area (Å²) in [4.78, 5) is 3.89. The molecule has 6 heteroatoms. The molecule has 1 aromatic rings. The zero-order valence-corrected chi connectivity index (χ0v) is 8.27. The van der Waals surface area contributed by atoms with Gasteiger partial charge in [-0.3, -0.25) is 0 Å². The summed E-state index contributed by atoms with van der Waals surface area (Å²) in [7, 11) is 0. The minimum absolute atomic E-state index is 0.116. The predicted octanol–water partition coefficient (Wildman–Crippen LogP) is 1.67. The molecule has 4 nitrogen and oxygen atoms in total. The first-order chi connectivity index (χ1) is 7.65. The summed E-state index contributed by atoms with van der Waals surface area (Å²) in [6, 6.07) is 6.36. The highest BCUT2D eigenvalue weighted by Crippen LogP contribution is 2.24. The highest BCUT2D eigenvalue weighted by molar-refractivity contribution is 5.73. The Morgan fingerprint density at radius 3 is 2.56 bits per heavy atom. The van der Waals surface area contributed by atoms with Gasteiger partial charge in [0.1, 0.15) is 11.9 Å². The third kappa shape index (κ3) is 2.39. The number of rotatable bonds is 3. The van der Waals surface area contributed by atoms with Crippen molar-refractivity contribution in [3.63, 3.8) is 0 Å². The maximum atomic E-state index is 11.9. The van der Waals surface area contributed by atoms with Crippen LogP contribution in [0.25, 0.3) is 0 Å². The van der Waals surface area contributed by atoms with E-state index < -0.39 is 6.61 Å². The summed E-state index contributed by atoms with van der Waals surface area (Å²) in [6.07, 6.45) is -0.236. The molecule has 2 rings (SSSR count). The van der Waals surface area contributed by atoms with Crippen molar-refractivity contribution in [3.05, 3.63) is 29.8 Å². The second kappa shape index (κ2) is 4.34. The third-order valence-corrected chi connectivity index (χ3v) is 2.15. The van der Waals surface area contributed by atoms with Crippen LogP contribution in [0.15, 0.2) is 29.3 Å². The normalized spacial score (nSPS) is 19.4. The van der Waals surface area contributed by atoms with Crippen molar-refractivity contribution >= 4 is 6.02 Å². The molecule has 0 aromatic heterocycles. The van der Waals surface area contributed by atoms with Crippen LogP contribution < -0.4 is 10.5 Å². The third-order valence-electron chi connectivity index (χ3n) is 2.15. The Bertz CT molecular complexity index is 392. The Morgan fingerprint density at radius 1 is 1.38 bits per heavy atom. The van der Waals surface area contributed by atoms with Gasteiger partial charge >= 0.3 is 6.61 Å². The number of nitrogens with two attached hydrogens (primary N) is 1. The lowest BCUT2D eigenvalue weighted by atomic mass is 10.1. The minimum atomic E-state index is -2.81. The first-order valence-electron chi connectivity index (χ1n) is 4.66. The van der Waals surface area contributed by atoms with Gasteiger partial charge in [0.05, 0.1) is 6.54 Å². The van der Waals surface area contributed by atoms with E-state index in [-0.39, 0.29) is 17.9 Å². The summed E-state index contributed by atoms with van der Waals surface area (Å²) in [6.45, 7) is -2.37. The Kier molecular flexibility index (Phi) is 2.89. The maximum absolute atomic E-state index is 11.9. The smallest absolute Gasteiger partial charge is 0.387 e. The Hall–Kier alpha value is -1.85. The highest BCUT2D eigenvalue weighted by Gasteiger charge is 2.19. The molecule has 1 aromatic carbocycles. The molecule has 0 spiro atoms. The summed E-state index contributed by atoms with van der Waals surface area (Å²) in [5.74, 6) is 0.116. The summed E-state index contributed by atoms with van der Waals surface area (Å²) in [5, 5.41) is 0. The molecule has 86 valence electrons. The molecule has 0 saturated carbocycles. The number of nitrogens with zero attached hydrogens (tertiary/aromatic N) is 1. The number of benzene rings is 1. The second-order valence-electron chi connectivity index (χ2n) is 3.23. The molecule has 0 radical (unpaired) electrons. The summed E-state index contributed by atoms with van der Waals surface area (Å²) >= 11 is 0. The molecule has 0 bridgehead atoms. The van der Waals surface area contributed by atoms with Gasteiger partial charge in [0.2, 0.25) is 0 Å². The lowest BCUT2D eigenvalue weighted by Crippen LogP contribution is -2.13. The van der Waals surface area contributed by atoms with E-state index in [0.29, 0.717) is 6.54 Å². The van der Waals surface area contributed by atoms with Gasteiger partial charge in [0.15, 0.2) is 0 Å². The SMILES string of the molecule is NC1=NCC(c2ccc(OC(F)F)cc2)O1. The fourth-order valence-corrected chi connectivity index (χ4v) is 1.43. The van der Waals surface area contributed by atoms with Crippen LogP contribution in [0, 0.1) is 0 Å². The van der Waals surface area contributed by atoms with Crippen LogP contribution in [0.4, 0.5) is 8.78 Å². The number of amidine groups is 1. The van der Waals surface area contributed by atoms with Gasteiger partial charge in [0.25, 0.3) is 6.02 Å². The topological polar surface area (TPSA) is 56.8 Å². The number of aliphatic imine (C=N–C) groups is 1. The van der Waals surface area contributed by atoms with Gasteiger partial charge in [-0.25, -0.2) is 4.99 Å². The quantitative estimate of drug-likeness (QED) is 0.856. The molecule has 0 saturated heterocycles. The number of alkyl halides is 2. The number of halogens is 2. The highest BCUT2D eigenvalue weighted by atomic mass is 19.3. The van der Waals surface area contributed by atoms with Crippen molar-refractivity contribution in [1.29, 1.82) is 0 Å². The molecule has 1 atom stereocenters. The van der Waals surface area contributed by atoms with Crippen LogP contribution in [0.1, 0.15) is 11.7 Å². The van der Waals surface area contributed by atoms with Gasteiger partial charge < -0.3 is 15.2 Å². The van der Waals surface area contributed by atoms with Gasteiger partial charge in [0, 0.05) is 0 Å². The second-order valence-corrected chi connectivity index (χ2v) is 3.23. The summed E-state index contributed by atoms with van der Waals surface area (Å²) < 4.78 is 33.2. The first kappa shape index (κ1) is 10.7. The Morgan fingerprint density at radius 2 is 2.06 bits per heavy atom. The molecule has 2 N–H and O–H groups in total. The van der Waals surface area contributed by atoms with Crippen LogP contribution in [0.3, 0.4) is 0 Å². The van der Waals surface area contributed by atoms with Crippen molar-refractivity contribution in [2.24, 2.45) is 10.7 Å². The van der Waals surface area contributed by atoms with Crippen LogP contribution >= 0.6 is 0 Å². The van der Waals surface area contributed by atoms with E-state index >= 15 is 0 Å². The largest absolute Gasteiger partial charge is 0.455 e. The number of hydrogen-bond donors (Lipinski definition) is 1. The van der Waals surface area contributed by atoms with Gasteiger partial charge in [-0.05, 0) is 17.7 Å². The lowest BCUT2D eigenvalue weighted by Gasteiger charge is -2.11. The van der Waals surface area contributed by atoms with E-state index in [1.165, 1.54) is 12.1 Å². The molecule has 1 aliphatic rings. The minimum Gasteiger partial charge on any atom is -0.455 e. The van der Waals surface area contributed by atoms with Crippen molar-refractivity contribution in [2.45, 2.75) is 12.7 Å². The van der Waals surface area contributed by atoms with Crippen LogP contribution in [-0.2, 0) is 4.74 Å². The molecular weight excluding hydrogens is 218 g/mol. The molecule has 1 unspecified atom stereocenters. The average Bonchev–Trinajstić information content (AvgIpc) is 2.65. The Balaban J connectivity index is 2.02. The first-order valence-corrected chi connectivity index (χ1v) is 4.66. The molecule has 0 fully saturated rings. The maximum Gasteiger partial charge on any atom is 0.387 e. The van der Waals surface area contributed by atoms with Gasteiger partial charge in [-0.1, -0.05) is 12.1 Å². The Labute approximate surface area is 90.7 Å². The van der Waals surface area contributed by atoms with E-state index in [0.717, 1.165) is 5.56 Å². The van der Waals surface area contributed by atoms with Crippen molar-refractivity contribution in [2.75, 3.05) is 6.54 Å². The number of hydrogen-bond acceptors (Lipinski definition) is 4. The predicted molar refractivity (Wildman–Crippen MR) is 53.4 cm³/mol. The van der Waals surface area contributed by atoms with Crippen LogP contribution in [0.2, 0.25) is 0 Å². The van der Waals surface area contributed by atoms with E-state index in [1.807, 2.05) is 0 Å². The van der Waals surface area contributed by atoms with Crippen LogP contribution in [-0.4, -0.2) is 19.2 Å². The fourth-order valence-electron chi connectivity index (χ4n) is 1.43. The molecule has 0 aliphatic carbocycles. The van der Waals surface area contributed by atoms with E-state index in [2.05, 4.69) is 9.73 Å². The average molecular weight is 228 g/mol. The summed E-state index contributed by atoms with van der Waals surface area (Å²) in [5.41, 5.74) is 6.19. The molecule has 16 heavy (non-hydrogen) atoms. The van der Waals surface area contributed by atoms with E-state index in [9.17, 15) is 8.78 Å². The zero-order valence-electron chi connectivity index (χ0n) is 8.27. The van der Waals surface area contributed by atoms with Crippen molar-refractivity contribution in [3.8, 4) is 5.75 Å². The van der Waals surface area contributed by atoms with E-state index in [4.69, 9.17) is 10.5 Å². The standard InChI is InChI=1S/C10H10F2N2O2/c11-9(12)15-7-3-1-6(2-4-7)8-5-14-10(13)16-8/h1-4,8-9H,5H2,(H2,13,14). The van der Waals surface area contributed by atoms with Crippen molar-refractivity contribution in [1.82, 2.24) is 0 Å². The number of ether oxygens (including phenoxy) is 2. The van der Waals surface area contributed by atoms with Gasteiger partial charge in [-0.15, -0.1) is 0 Å². The van der Waals surface area contributed by atoms with E-state index in [1.54, 1.807) is 12.1 Å². The van der Waals surface area contributed by atoms with Crippen molar-refractivity contribution < 1.29 is 18.3 Å². The molecule has 1 heterocycles. The molecular formula is C10H10F2N2O2. The van der Waals surface area contributed by atoms with Crippen LogP contribution in [0.5, 0.6) is 5.75 Å². The lowest BCUT2D eigenvalue weighted by molar-refractivity contribution is -0.0498. The monoisotopic (exact) mass is 228 g/mol. The fraction of sp³-hybridized carbons (Fsp3) is 0.300. The molecule has 0 amide bonds.